The van der Waals surface area contributed by atoms with Crippen LogP contribution in [0.5, 0.6) is 0 Å². The van der Waals surface area contributed by atoms with E-state index < -0.39 is 30.3 Å². The van der Waals surface area contributed by atoms with Gasteiger partial charge in [0.2, 0.25) is 0 Å². The topological polar surface area (TPSA) is 104 Å². The zero-order chi connectivity index (χ0) is 13.7. The number of halogens is 1. The van der Waals surface area contributed by atoms with E-state index in [-0.39, 0.29) is 5.56 Å². The van der Waals surface area contributed by atoms with Crippen LogP contribution in [0.15, 0.2) is 24.3 Å². The monoisotopic (exact) mass is 363 g/mol. The fourth-order valence-corrected chi connectivity index (χ4v) is 1.58. The van der Waals surface area contributed by atoms with Crippen LogP contribution in [0.4, 0.5) is 0 Å². The Hall–Kier alpha value is -1.64. The lowest BCUT2D eigenvalue weighted by molar-refractivity contribution is -0.145. The molecule has 0 saturated carbocycles. The zero-order valence-corrected chi connectivity index (χ0v) is 11.2. The first-order valence-electron chi connectivity index (χ1n) is 4.91. The van der Waals surface area contributed by atoms with Crippen molar-refractivity contribution in [3.63, 3.8) is 0 Å². The molecule has 1 aromatic rings. The smallest absolute Gasteiger partial charge is 0.326 e. The van der Waals surface area contributed by atoms with Crippen LogP contribution >= 0.6 is 22.6 Å². The van der Waals surface area contributed by atoms with Crippen molar-refractivity contribution >= 4 is 40.4 Å². The van der Waals surface area contributed by atoms with E-state index in [4.69, 9.17) is 10.2 Å². The Morgan fingerprint density at radius 3 is 2.17 bits per heavy atom. The van der Waals surface area contributed by atoms with E-state index >= 15 is 0 Å². The maximum Gasteiger partial charge on any atom is 0.326 e. The van der Waals surface area contributed by atoms with Crippen LogP contribution in [0.2, 0.25) is 0 Å². The Morgan fingerprint density at radius 1 is 1.17 bits per heavy atom. The van der Waals surface area contributed by atoms with Gasteiger partial charge in [-0.15, -0.1) is 0 Å². The van der Waals surface area contributed by atoms with E-state index in [1.54, 1.807) is 12.1 Å². The molecule has 0 saturated heterocycles. The Labute approximate surface area is 116 Å². The third-order valence-corrected chi connectivity index (χ3v) is 2.81. The highest BCUT2D eigenvalue weighted by Gasteiger charge is 2.23. The first kappa shape index (κ1) is 14.4. The number of benzene rings is 1. The van der Waals surface area contributed by atoms with E-state index in [0.717, 1.165) is 3.57 Å². The van der Waals surface area contributed by atoms with E-state index in [2.05, 4.69) is 27.9 Å². The summed E-state index contributed by atoms with van der Waals surface area (Å²) in [7, 11) is 0. The van der Waals surface area contributed by atoms with Crippen LogP contribution in [0.3, 0.4) is 0 Å². The third kappa shape index (κ3) is 4.32. The number of carboxylic acids is 2. The maximum atomic E-state index is 11.7. The number of hydrogen-bond donors (Lipinski definition) is 3. The van der Waals surface area contributed by atoms with Gasteiger partial charge in [-0.3, -0.25) is 9.59 Å². The van der Waals surface area contributed by atoms with E-state index in [9.17, 15) is 14.4 Å². The molecule has 1 amide bonds. The van der Waals surface area contributed by atoms with Crippen molar-refractivity contribution in [1.82, 2.24) is 5.32 Å². The molecule has 0 radical (unpaired) electrons. The number of amides is 1. The lowest BCUT2D eigenvalue weighted by atomic mass is 10.1. The molecule has 0 aliphatic rings. The molecule has 0 aliphatic heterocycles. The van der Waals surface area contributed by atoms with Crippen molar-refractivity contribution in [2.45, 2.75) is 12.5 Å². The van der Waals surface area contributed by atoms with Gasteiger partial charge in [0.25, 0.3) is 5.91 Å². The van der Waals surface area contributed by atoms with Crippen LogP contribution < -0.4 is 5.32 Å². The van der Waals surface area contributed by atoms with E-state index in [0.29, 0.717) is 0 Å². The quantitative estimate of drug-likeness (QED) is 0.676. The normalized spacial score (nSPS) is 11.6. The highest BCUT2D eigenvalue weighted by molar-refractivity contribution is 14.1. The molecule has 0 spiro atoms. The lowest BCUT2D eigenvalue weighted by Gasteiger charge is -2.12. The number of rotatable bonds is 5. The summed E-state index contributed by atoms with van der Waals surface area (Å²) in [5, 5.41) is 19.5. The first-order valence-corrected chi connectivity index (χ1v) is 5.99. The van der Waals surface area contributed by atoms with Gasteiger partial charge in [0, 0.05) is 9.13 Å². The average molecular weight is 363 g/mol. The summed E-state index contributed by atoms with van der Waals surface area (Å²) in [6.45, 7) is 0. The highest BCUT2D eigenvalue weighted by Crippen LogP contribution is 2.07. The minimum Gasteiger partial charge on any atom is -0.481 e. The number of aliphatic carboxylic acids is 2. The molecular formula is C11H10INO5. The molecule has 6 nitrogen and oxygen atoms in total. The lowest BCUT2D eigenvalue weighted by Crippen LogP contribution is -2.42. The molecule has 96 valence electrons. The molecule has 0 unspecified atom stereocenters. The molecule has 0 bridgehead atoms. The number of hydrogen-bond acceptors (Lipinski definition) is 3. The summed E-state index contributed by atoms with van der Waals surface area (Å²) in [6, 6.07) is 5.03. The van der Waals surface area contributed by atoms with Gasteiger partial charge in [-0.2, -0.15) is 0 Å². The molecule has 1 aromatic carbocycles. The van der Waals surface area contributed by atoms with Crippen LogP contribution in [0.25, 0.3) is 0 Å². The SMILES string of the molecule is O=C(O)C[C@@H](NC(=O)c1ccc(I)cc1)C(=O)O. The van der Waals surface area contributed by atoms with Crippen LogP contribution in [0.1, 0.15) is 16.8 Å². The Bertz CT molecular complexity index is 471. The number of nitrogens with one attached hydrogen (secondary N) is 1. The summed E-state index contributed by atoms with van der Waals surface area (Å²) in [4.78, 5) is 32.9. The van der Waals surface area contributed by atoms with Crippen molar-refractivity contribution in [2.75, 3.05) is 0 Å². The van der Waals surface area contributed by atoms with Crippen LogP contribution in [-0.4, -0.2) is 34.1 Å². The molecule has 1 rings (SSSR count). The van der Waals surface area contributed by atoms with E-state index in [1.165, 1.54) is 12.1 Å². The van der Waals surface area contributed by atoms with Gasteiger partial charge in [0.05, 0.1) is 6.42 Å². The second-order valence-corrected chi connectivity index (χ2v) is 4.71. The Morgan fingerprint density at radius 2 is 1.72 bits per heavy atom. The zero-order valence-electron chi connectivity index (χ0n) is 9.09. The standard InChI is InChI=1S/C11H10INO5/c12-7-3-1-6(2-4-7)10(16)13-8(11(17)18)5-9(14)15/h1-4,8H,5H2,(H,13,16)(H,14,15)(H,17,18)/t8-/m1/s1. The Kier molecular flexibility index (Phi) is 5.08. The van der Waals surface area contributed by atoms with Gasteiger partial charge in [0.15, 0.2) is 0 Å². The van der Waals surface area contributed by atoms with Gasteiger partial charge in [-0.25, -0.2) is 4.79 Å². The second kappa shape index (κ2) is 6.34. The largest absolute Gasteiger partial charge is 0.481 e. The highest BCUT2D eigenvalue weighted by atomic mass is 127. The van der Waals surface area contributed by atoms with Crippen molar-refractivity contribution in [3.05, 3.63) is 33.4 Å². The van der Waals surface area contributed by atoms with Gasteiger partial charge in [-0.1, -0.05) is 0 Å². The molecule has 1 atom stereocenters. The molecular weight excluding hydrogens is 353 g/mol. The number of carbonyl (C=O) groups is 3. The Balaban J connectivity index is 2.75. The molecule has 3 N–H and O–H groups in total. The summed E-state index contributed by atoms with van der Waals surface area (Å²) in [6.07, 6.45) is -0.661. The van der Waals surface area contributed by atoms with Gasteiger partial charge in [0.1, 0.15) is 6.04 Å². The van der Waals surface area contributed by atoms with Gasteiger partial charge in [-0.05, 0) is 46.9 Å². The van der Waals surface area contributed by atoms with Crippen molar-refractivity contribution in [1.29, 1.82) is 0 Å². The summed E-state index contributed by atoms with van der Waals surface area (Å²) in [5.41, 5.74) is 0.284. The summed E-state index contributed by atoms with van der Waals surface area (Å²) in [5.74, 6) is -3.28. The van der Waals surface area contributed by atoms with Crippen molar-refractivity contribution in [3.8, 4) is 0 Å². The predicted octanol–water partition coefficient (Wildman–Crippen LogP) is 0.949. The molecule has 0 heterocycles. The molecule has 0 aliphatic carbocycles. The van der Waals surface area contributed by atoms with Crippen molar-refractivity contribution < 1.29 is 24.6 Å². The molecule has 0 fully saturated rings. The van der Waals surface area contributed by atoms with Crippen molar-refractivity contribution in [2.24, 2.45) is 0 Å². The maximum absolute atomic E-state index is 11.7. The van der Waals surface area contributed by atoms with E-state index in [1.807, 2.05) is 0 Å². The molecule has 0 aromatic heterocycles. The number of carboxylic acid groups (broad SMARTS) is 2. The minimum atomic E-state index is -1.44. The van der Waals surface area contributed by atoms with Gasteiger partial charge < -0.3 is 15.5 Å². The second-order valence-electron chi connectivity index (χ2n) is 3.47. The van der Waals surface area contributed by atoms with Crippen LogP contribution in [0, 0.1) is 3.57 Å². The average Bonchev–Trinajstić information content (AvgIpc) is 2.28. The fourth-order valence-electron chi connectivity index (χ4n) is 1.22. The third-order valence-electron chi connectivity index (χ3n) is 2.09. The van der Waals surface area contributed by atoms with Gasteiger partial charge >= 0.3 is 11.9 Å². The minimum absolute atomic E-state index is 0.284. The number of carbonyl (C=O) groups excluding carboxylic acids is 1. The first-order chi connectivity index (χ1) is 8.40. The molecule has 7 heteroatoms. The van der Waals surface area contributed by atoms with Crippen LogP contribution in [-0.2, 0) is 9.59 Å². The molecule has 18 heavy (non-hydrogen) atoms. The summed E-state index contributed by atoms with van der Waals surface area (Å²) >= 11 is 2.07. The predicted molar refractivity (Wildman–Crippen MR) is 70.3 cm³/mol. The summed E-state index contributed by atoms with van der Waals surface area (Å²) < 4.78 is 0.935. The fraction of sp³-hybridized carbons (Fsp3) is 0.182.